The molecule has 2 heterocycles. The van der Waals surface area contributed by atoms with Crippen molar-refractivity contribution in [1.82, 2.24) is 0 Å². The van der Waals surface area contributed by atoms with Crippen LogP contribution in [0.15, 0.2) is 72.8 Å². The van der Waals surface area contributed by atoms with Crippen LogP contribution in [-0.4, -0.2) is 12.3 Å². The Morgan fingerprint density at radius 3 is 1.42 bits per heavy atom. The molecule has 0 spiro atoms. The molecule has 0 N–H and O–H groups in total. The quantitative estimate of drug-likeness (QED) is 0.392. The summed E-state index contributed by atoms with van der Waals surface area (Å²) in [6, 6.07) is 27.6. The van der Waals surface area contributed by atoms with Crippen molar-refractivity contribution in [2.45, 2.75) is 12.3 Å². The summed E-state index contributed by atoms with van der Waals surface area (Å²) in [6.45, 7) is 0. The lowest BCUT2D eigenvalue weighted by atomic mass is 10.1. The summed E-state index contributed by atoms with van der Waals surface area (Å²) in [6.07, 6.45) is 5.37. The van der Waals surface area contributed by atoms with Gasteiger partial charge in [0, 0.05) is 0 Å². The Labute approximate surface area is 156 Å². The van der Waals surface area contributed by atoms with Gasteiger partial charge < -0.3 is 0 Å². The molecule has 0 saturated heterocycles. The van der Waals surface area contributed by atoms with Gasteiger partial charge in [-0.3, -0.25) is 0 Å². The Kier molecular flexibility index (Phi) is 3.47. The van der Waals surface area contributed by atoms with Crippen LogP contribution < -0.4 is 10.6 Å². The Morgan fingerprint density at radius 2 is 0.962 bits per heavy atom. The van der Waals surface area contributed by atoms with Crippen molar-refractivity contribution in [3.8, 4) is 0 Å². The number of hydrogen-bond donors (Lipinski definition) is 0. The summed E-state index contributed by atoms with van der Waals surface area (Å²) in [4.78, 5) is 0. The molecule has 2 unspecified atom stereocenters. The molecule has 126 valence electrons. The van der Waals surface area contributed by atoms with Crippen LogP contribution in [0.1, 0.15) is 11.1 Å². The monoisotopic (exact) mass is 370 g/mol. The maximum absolute atomic E-state index is 2.40. The summed E-state index contributed by atoms with van der Waals surface area (Å²) in [5.41, 5.74) is 3.18. The summed E-state index contributed by atoms with van der Waals surface area (Å²) in [7, 11) is -0.0510. The van der Waals surface area contributed by atoms with E-state index in [1.807, 2.05) is 0 Å². The summed E-state index contributed by atoms with van der Waals surface area (Å²) < 4.78 is 0. The molecule has 2 aliphatic heterocycles. The van der Waals surface area contributed by atoms with Gasteiger partial charge >= 0.3 is 0 Å². The highest BCUT2D eigenvalue weighted by Crippen LogP contribution is 2.53. The van der Waals surface area contributed by atoms with E-state index < -0.39 is 0 Å². The molecule has 26 heavy (non-hydrogen) atoms. The third-order valence-corrected chi connectivity index (χ3v) is 11.4. The van der Waals surface area contributed by atoms with Crippen LogP contribution in [0, 0.1) is 0 Å². The first-order valence-electron chi connectivity index (χ1n) is 9.40. The first-order valence-corrected chi connectivity index (χ1v) is 12.8. The van der Waals surface area contributed by atoms with E-state index in [0.717, 1.165) is 0 Å². The molecule has 0 saturated carbocycles. The topological polar surface area (TPSA) is 0 Å². The third kappa shape index (κ3) is 2.22. The van der Waals surface area contributed by atoms with Crippen molar-refractivity contribution >= 4 is 48.0 Å². The average Bonchev–Trinajstić information content (AvgIpc) is 3.22. The molecule has 4 aromatic carbocycles. The van der Waals surface area contributed by atoms with E-state index in [4.69, 9.17) is 0 Å². The van der Waals surface area contributed by atoms with E-state index in [9.17, 15) is 0 Å². The standard InChI is InChI=1S/C24H20P2/c1-5-17-7-3-11-21-23(17)19(9-1)15-25(21)13-14-26-16-20-10-2-6-18-8-4-12-22(26)24(18)20/h1-12H,13-16H2. The summed E-state index contributed by atoms with van der Waals surface area (Å²) >= 11 is 0. The van der Waals surface area contributed by atoms with Gasteiger partial charge in [-0.1, -0.05) is 88.6 Å². The van der Waals surface area contributed by atoms with Crippen molar-refractivity contribution in [3.63, 3.8) is 0 Å². The van der Waals surface area contributed by atoms with Gasteiger partial charge in [0.2, 0.25) is 0 Å². The van der Waals surface area contributed by atoms with Gasteiger partial charge in [0.25, 0.3) is 0 Å². The van der Waals surface area contributed by atoms with Crippen molar-refractivity contribution in [2.75, 3.05) is 12.3 Å². The first-order chi connectivity index (χ1) is 12.9. The minimum atomic E-state index is -0.0255. The zero-order valence-electron chi connectivity index (χ0n) is 14.7. The lowest BCUT2D eigenvalue weighted by Gasteiger charge is -2.17. The lowest BCUT2D eigenvalue weighted by Crippen LogP contribution is -2.06. The smallest absolute Gasteiger partial charge is 0.00261 e. The predicted octanol–water partition coefficient (Wildman–Crippen LogP) is 5.93. The van der Waals surface area contributed by atoms with Crippen molar-refractivity contribution in [1.29, 1.82) is 0 Å². The normalized spacial score (nSPS) is 20.3. The Bertz CT molecular complexity index is 1060. The highest BCUT2D eigenvalue weighted by atomic mass is 31.1. The van der Waals surface area contributed by atoms with Crippen molar-refractivity contribution in [2.24, 2.45) is 0 Å². The van der Waals surface area contributed by atoms with Gasteiger partial charge in [-0.25, -0.2) is 0 Å². The molecule has 4 aromatic rings. The van der Waals surface area contributed by atoms with Crippen molar-refractivity contribution in [3.05, 3.63) is 83.9 Å². The molecule has 0 fully saturated rings. The van der Waals surface area contributed by atoms with Crippen LogP contribution in [0.25, 0.3) is 21.5 Å². The van der Waals surface area contributed by atoms with Crippen LogP contribution in [0.4, 0.5) is 0 Å². The Hall–Kier alpha value is -1.74. The molecule has 2 aliphatic rings. The fraction of sp³-hybridized carbons (Fsp3) is 0.167. The van der Waals surface area contributed by atoms with E-state index in [0.29, 0.717) is 0 Å². The van der Waals surface area contributed by atoms with Crippen LogP contribution in [0.2, 0.25) is 0 Å². The van der Waals surface area contributed by atoms with Gasteiger partial charge in [0.1, 0.15) is 0 Å². The second-order valence-electron chi connectivity index (χ2n) is 7.43. The number of hydrogen-bond acceptors (Lipinski definition) is 0. The lowest BCUT2D eigenvalue weighted by molar-refractivity contribution is 1.39. The third-order valence-electron chi connectivity index (χ3n) is 5.98. The fourth-order valence-corrected chi connectivity index (χ4v) is 11.0. The Morgan fingerprint density at radius 1 is 0.538 bits per heavy atom. The molecular formula is C24H20P2. The zero-order valence-corrected chi connectivity index (χ0v) is 16.4. The molecule has 2 atom stereocenters. The SMILES string of the molecule is c1cc2c3c(cccc3c1)P(CCP1Cc3cccc4cccc1c34)C2. The van der Waals surface area contributed by atoms with E-state index in [-0.39, 0.29) is 15.8 Å². The predicted molar refractivity (Wildman–Crippen MR) is 118 cm³/mol. The molecule has 0 radical (unpaired) electrons. The van der Waals surface area contributed by atoms with Crippen LogP contribution in [-0.2, 0) is 12.3 Å². The average molecular weight is 370 g/mol. The molecule has 0 bridgehead atoms. The fourth-order valence-electron chi connectivity index (χ4n) is 4.81. The molecule has 0 aliphatic carbocycles. The number of benzene rings is 4. The molecule has 6 rings (SSSR count). The number of rotatable bonds is 3. The minimum absolute atomic E-state index is 0.0255. The van der Waals surface area contributed by atoms with Gasteiger partial charge in [-0.2, -0.15) is 0 Å². The van der Waals surface area contributed by atoms with Crippen LogP contribution >= 0.6 is 15.8 Å². The molecular weight excluding hydrogens is 350 g/mol. The van der Waals surface area contributed by atoms with E-state index in [1.165, 1.54) is 35.4 Å². The van der Waals surface area contributed by atoms with Gasteiger partial charge in [0.15, 0.2) is 0 Å². The Balaban J connectivity index is 1.30. The zero-order chi connectivity index (χ0) is 17.1. The van der Waals surface area contributed by atoms with Crippen molar-refractivity contribution < 1.29 is 0 Å². The second kappa shape index (κ2) is 5.88. The second-order valence-corrected chi connectivity index (χ2v) is 12.1. The molecule has 0 aromatic heterocycles. The first kappa shape index (κ1) is 15.3. The molecule has 0 nitrogen and oxygen atoms in total. The van der Waals surface area contributed by atoms with Gasteiger partial charge in [-0.05, 0) is 67.9 Å². The van der Waals surface area contributed by atoms with E-state index in [2.05, 4.69) is 72.8 Å². The largest absolute Gasteiger partial charge is 0.0698 e. The summed E-state index contributed by atoms with van der Waals surface area (Å²) in [5, 5.41) is 9.36. The maximum Gasteiger partial charge on any atom is -0.00261 e. The molecule has 2 heteroatoms. The van der Waals surface area contributed by atoms with Crippen LogP contribution in [0.3, 0.4) is 0 Å². The highest BCUT2D eigenvalue weighted by Gasteiger charge is 2.27. The maximum atomic E-state index is 2.40. The van der Waals surface area contributed by atoms with Gasteiger partial charge in [0.05, 0.1) is 0 Å². The molecule has 0 amide bonds. The van der Waals surface area contributed by atoms with E-state index >= 15 is 0 Å². The van der Waals surface area contributed by atoms with Crippen LogP contribution in [0.5, 0.6) is 0 Å². The minimum Gasteiger partial charge on any atom is -0.0698 e. The highest BCUT2D eigenvalue weighted by molar-refractivity contribution is 7.69. The van der Waals surface area contributed by atoms with Gasteiger partial charge in [-0.15, -0.1) is 0 Å². The van der Waals surface area contributed by atoms with E-state index in [1.54, 1.807) is 32.5 Å². The summed E-state index contributed by atoms with van der Waals surface area (Å²) in [5.74, 6) is 0.